The molecule has 1 aliphatic heterocycles. The molecular weight excluding hydrogens is 270 g/mol. The minimum absolute atomic E-state index is 0.00344. The molecule has 114 valence electrons. The van der Waals surface area contributed by atoms with Crippen molar-refractivity contribution in [2.45, 2.75) is 39.3 Å². The van der Waals surface area contributed by atoms with Crippen LogP contribution in [0.1, 0.15) is 42.7 Å². The number of aromatic carboxylic acids is 1. The summed E-state index contributed by atoms with van der Waals surface area (Å²) in [5.41, 5.74) is 0.787. The molecule has 0 radical (unpaired) electrons. The van der Waals surface area contributed by atoms with E-state index < -0.39 is 5.97 Å². The molecule has 1 fully saturated rings. The molecule has 1 aromatic rings. The molecule has 6 nitrogen and oxygen atoms in total. The standard InChI is InChI=1S/C15H21N3O3/c1-10-5-6-18(11(2)7-10)15(21)17-9-12-3-4-13(14(19)20)16-8-12/h3-4,8,10-11H,5-7,9H2,1-2H3,(H,17,21)(H,19,20). The predicted molar refractivity (Wildman–Crippen MR) is 78.0 cm³/mol. The van der Waals surface area contributed by atoms with Crippen LogP contribution < -0.4 is 5.32 Å². The number of likely N-dealkylation sites (tertiary alicyclic amines) is 1. The zero-order valence-electron chi connectivity index (χ0n) is 12.4. The second-order valence-electron chi connectivity index (χ2n) is 5.69. The molecule has 1 saturated heterocycles. The highest BCUT2D eigenvalue weighted by Crippen LogP contribution is 2.21. The van der Waals surface area contributed by atoms with E-state index in [9.17, 15) is 9.59 Å². The van der Waals surface area contributed by atoms with E-state index in [0.29, 0.717) is 12.5 Å². The van der Waals surface area contributed by atoms with Crippen LogP contribution in [0.25, 0.3) is 0 Å². The fourth-order valence-corrected chi connectivity index (χ4v) is 2.64. The number of hydrogen-bond donors (Lipinski definition) is 2. The lowest BCUT2D eigenvalue weighted by molar-refractivity contribution is 0.0690. The van der Waals surface area contributed by atoms with Gasteiger partial charge in [0.25, 0.3) is 0 Å². The van der Waals surface area contributed by atoms with Gasteiger partial charge in [-0.2, -0.15) is 0 Å². The fraction of sp³-hybridized carbons (Fsp3) is 0.533. The molecule has 2 unspecified atom stereocenters. The minimum atomic E-state index is -1.05. The van der Waals surface area contributed by atoms with Crippen LogP contribution in [-0.4, -0.2) is 39.6 Å². The zero-order chi connectivity index (χ0) is 15.4. The van der Waals surface area contributed by atoms with Gasteiger partial charge in [-0.1, -0.05) is 13.0 Å². The Morgan fingerprint density at radius 1 is 1.43 bits per heavy atom. The number of pyridine rings is 1. The first-order chi connectivity index (χ1) is 9.97. The number of rotatable bonds is 3. The van der Waals surface area contributed by atoms with Crippen molar-refractivity contribution in [3.05, 3.63) is 29.6 Å². The molecule has 0 saturated carbocycles. The van der Waals surface area contributed by atoms with Crippen molar-refractivity contribution in [2.75, 3.05) is 6.54 Å². The smallest absolute Gasteiger partial charge is 0.354 e. The van der Waals surface area contributed by atoms with Gasteiger partial charge < -0.3 is 15.3 Å². The van der Waals surface area contributed by atoms with Crippen molar-refractivity contribution in [3.8, 4) is 0 Å². The van der Waals surface area contributed by atoms with Gasteiger partial charge in [-0.15, -0.1) is 0 Å². The van der Waals surface area contributed by atoms with E-state index in [0.717, 1.165) is 24.9 Å². The Morgan fingerprint density at radius 2 is 2.19 bits per heavy atom. The monoisotopic (exact) mass is 291 g/mol. The number of aromatic nitrogens is 1. The van der Waals surface area contributed by atoms with E-state index >= 15 is 0 Å². The molecule has 0 spiro atoms. The zero-order valence-corrected chi connectivity index (χ0v) is 12.4. The van der Waals surface area contributed by atoms with Crippen LogP contribution in [0.2, 0.25) is 0 Å². The maximum atomic E-state index is 12.2. The largest absolute Gasteiger partial charge is 0.477 e. The summed E-state index contributed by atoms with van der Waals surface area (Å²) in [5.74, 6) is -0.390. The quantitative estimate of drug-likeness (QED) is 0.893. The molecular formula is C15H21N3O3. The fourth-order valence-electron chi connectivity index (χ4n) is 2.64. The summed E-state index contributed by atoms with van der Waals surface area (Å²) in [6.07, 6.45) is 3.54. The number of carbonyl (C=O) groups is 2. The van der Waals surface area contributed by atoms with Gasteiger partial charge in [-0.25, -0.2) is 14.6 Å². The van der Waals surface area contributed by atoms with Gasteiger partial charge in [0.05, 0.1) is 0 Å². The third-order valence-electron chi connectivity index (χ3n) is 3.89. The predicted octanol–water partition coefficient (Wildman–Crippen LogP) is 2.11. The van der Waals surface area contributed by atoms with Gasteiger partial charge in [-0.05, 0) is 37.3 Å². The van der Waals surface area contributed by atoms with Crippen LogP contribution >= 0.6 is 0 Å². The Morgan fingerprint density at radius 3 is 2.76 bits per heavy atom. The van der Waals surface area contributed by atoms with Crippen molar-refractivity contribution < 1.29 is 14.7 Å². The number of piperidine rings is 1. The van der Waals surface area contributed by atoms with E-state index in [2.05, 4.69) is 24.1 Å². The average molecular weight is 291 g/mol. The summed E-state index contributed by atoms with van der Waals surface area (Å²) in [7, 11) is 0. The van der Waals surface area contributed by atoms with Gasteiger partial charge in [0.2, 0.25) is 0 Å². The Bertz CT molecular complexity index is 515. The summed E-state index contributed by atoms with van der Waals surface area (Å²) in [4.78, 5) is 28.6. The van der Waals surface area contributed by atoms with Crippen LogP contribution in [0.5, 0.6) is 0 Å². The number of carboxylic acids is 1. The normalized spacial score (nSPS) is 21.9. The van der Waals surface area contributed by atoms with Crippen molar-refractivity contribution in [1.82, 2.24) is 15.2 Å². The topological polar surface area (TPSA) is 82.5 Å². The first kappa shape index (κ1) is 15.3. The highest BCUT2D eigenvalue weighted by atomic mass is 16.4. The molecule has 0 aliphatic carbocycles. The Balaban J connectivity index is 1.87. The van der Waals surface area contributed by atoms with E-state index in [1.165, 1.54) is 12.3 Å². The van der Waals surface area contributed by atoms with E-state index in [1.807, 2.05) is 4.90 Å². The molecule has 0 bridgehead atoms. The number of urea groups is 1. The molecule has 1 aromatic heterocycles. The van der Waals surface area contributed by atoms with Crippen LogP contribution in [0.15, 0.2) is 18.3 Å². The Hall–Kier alpha value is -2.11. The average Bonchev–Trinajstić information content (AvgIpc) is 2.45. The SMILES string of the molecule is CC1CCN(C(=O)NCc2ccc(C(=O)O)nc2)C(C)C1. The second kappa shape index (κ2) is 6.56. The number of carbonyl (C=O) groups excluding carboxylic acids is 1. The molecule has 2 N–H and O–H groups in total. The third kappa shape index (κ3) is 3.93. The summed E-state index contributed by atoms with van der Waals surface area (Å²) in [5, 5.41) is 11.6. The van der Waals surface area contributed by atoms with Gasteiger partial charge in [0, 0.05) is 25.3 Å². The summed E-state index contributed by atoms with van der Waals surface area (Å²) >= 11 is 0. The summed E-state index contributed by atoms with van der Waals surface area (Å²) < 4.78 is 0. The first-order valence-corrected chi connectivity index (χ1v) is 7.20. The summed E-state index contributed by atoms with van der Waals surface area (Å²) in [6.45, 7) is 5.41. The van der Waals surface area contributed by atoms with Crippen molar-refractivity contribution in [2.24, 2.45) is 5.92 Å². The number of amides is 2. The lowest BCUT2D eigenvalue weighted by Crippen LogP contribution is -2.48. The van der Waals surface area contributed by atoms with E-state index in [-0.39, 0.29) is 17.8 Å². The maximum absolute atomic E-state index is 12.2. The summed E-state index contributed by atoms with van der Waals surface area (Å²) in [6, 6.07) is 3.28. The van der Waals surface area contributed by atoms with Gasteiger partial charge in [-0.3, -0.25) is 0 Å². The lowest BCUT2D eigenvalue weighted by atomic mass is 9.94. The van der Waals surface area contributed by atoms with Crippen LogP contribution in [0.3, 0.4) is 0 Å². The van der Waals surface area contributed by atoms with Crippen LogP contribution in [0.4, 0.5) is 4.79 Å². The van der Waals surface area contributed by atoms with E-state index in [1.54, 1.807) is 6.07 Å². The molecule has 1 aliphatic rings. The van der Waals surface area contributed by atoms with Crippen LogP contribution in [-0.2, 0) is 6.54 Å². The number of carboxylic acid groups (broad SMARTS) is 1. The highest BCUT2D eigenvalue weighted by Gasteiger charge is 2.26. The van der Waals surface area contributed by atoms with E-state index in [4.69, 9.17) is 5.11 Å². The van der Waals surface area contributed by atoms with Gasteiger partial charge >= 0.3 is 12.0 Å². The molecule has 2 rings (SSSR count). The minimum Gasteiger partial charge on any atom is -0.477 e. The lowest BCUT2D eigenvalue weighted by Gasteiger charge is -2.36. The molecule has 6 heteroatoms. The van der Waals surface area contributed by atoms with Crippen molar-refractivity contribution in [1.29, 1.82) is 0 Å². The molecule has 2 heterocycles. The van der Waals surface area contributed by atoms with Gasteiger partial charge in [0.15, 0.2) is 0 Å². The molecule has 0 aromatic carbocycles. The Labute approximate surface area is 124 Å². The maximum Gasteiger partial charge on any atom is 0.354 e. The van der Waals surface area contributed by atoms with Crippen molar-refractivity contribution >= 4 is 12.0 Å². The highest BCUT2D eigenvalue weighted by molar-refractivity contribution is 5.85. The Kier molecular flexibility index (Phi) is 4.77. The van der Waals surface area contributed by atoms with Gasteiger partial charge in [0.1, 0.15) is 5.69 Å². The third-order valence-corrected chi connectivity index (χ3v) is 3.89. The van der Waals surface area contributed by atoms with Crippen LogP contribution in [0, 0.1) is 5.92 Å². The number of nitrogens with one attached hydrogen (secondary N) is 1. The molecule has 2 amide bonds. The molecule has 21 heavy (non-hydrogen) atoms. The number of nitrogens with zero attached hydrogens (tertiary/aromatic N) is 2. The second-order valence-corrected chi connectivity index (χ2v) is 5.69. The first-order valence-electron chi connectivity index (χ1n) is 7.20. The molecule has 2 atom stereocenters. The number of hydrogen-bond acceptors (Lipinski definition) is 3. The van der Waals surface area contributed by atoms with Crippen molar-refractivity contribution in [3.63, 3.8) is 0 Å².